The first-order chi connectivity index (χ1) is 4.70. The zero-order chi connectivity index (χ0) is 7.98. The lowest BCUT2D eigenvalue weighted by atomic mass is 10.2. The molecule has 0 unspecified atom stereocenters. The second-order valence-electron chi connectivity index (χ2n) is 2.04. The van der Waals surface area contributed by atoms with Gasteiger partial charge in [-0.25, -0.2) is 0 Å². The minimum Gasteiger partial charge on any atom is -0.501 e. The van der Waals surface area contributed by atoms with Crippen LogP contribution >= 0.6 is 0 Å². The van der Waals surface area contributed by atoms with Gasteiger partial charge in [-0.05, 0) is 31.6 Å². The fourth-order valence-corrected chi connectivity index (χ4v) is 0.559. The number of hydrogen-bond donors (Lipinski definition) is 1. The second kappa shape index (κ2) is 4.79. The Hall–Kier alpha value is -1.05. The van der Waals surface area contributed by atoms with Crippen LogP contribution in [0.1, 0.15) is 13.8 Å². The van der Waals surface area contributed by atoms with E-state index in [4.69, 9.17) is 10.1 Å². The lowest BCUT2D eigenvalue weighted by Crippen LogP contribution is -1.79. The van der Waals surface area contributed by atoms with Crippen LogP contribution in [0.4, 0.5) is 0 Å². The first-order valence-electron chi connectivity index (χ1n) is 3.10. The summed E-state index contributed by atoms with van der Waals surface area (Å²) < 4.78 is 4.91. The summed E-state index contributed by atoms with van der Waals surface area (Å²) in [5.74, 6) is 0.857. The maximum absolute atomic E-state index is 6.76. The molecule has 0 radical (unpaired) electrons. The van der Waals surface area contributed by atoms with Gasteiger partial charge in [0, 0.05) is 6.21 Å². The fraction of sp³-hybridized carbons (Fsp3) is 0.375. The number of methoxy groups -OCH3 is 1. The van der Waals surface area contributed by atoms with Crippen molar-refractivity contribution in [2.75, 3.05) is 7.11 Å². The largest absolute Gasteiger partial charge is 0.501 e. The van der Waals surface area contributed by atoms with Crippen LogP contribution in [0, 0.1) is 5.41 Å². The summed E-state index contributed by atoms with van der Waals surface area (Å²) in [6.07, 6.45) is 4.85. The van der Waals surface area contributed by atoms with E-state index in [9.17, 15) is 0 Å². The van der Waals surface area contributed by atoms with Gasteiger partial charge in [-0.3, -0.25) is 0 Å². The van der Waals surface area contributed by atoms with E-state index in [0.29, 0.717) is 0 Å². The van der Waals surface area contributed by atoms with Crippen molar-refractivity contribution in [1.29, 1.82) is 5.41 Å². The zero-order valence-electron chi connectivity index (χ0n) is 6.64. The summed E-state index contributed by atoms with van der Waals surface area (Å²) in [7, 11) is 1.63. The first-order valence-corrected chi connectivity index (χ1v) is 3.10. The minimum atomic E-state index is 0.857. The van der Waals surface area contributed by atoms with Crippen molar-refractivity contribution in [3.8, 4) is 0 Å². The Morgan fingerprint density at radius 1 is 1.40 bits per heavy atom. The van der Waals surface area contributed by atoms with Gasteiger partial charge in [0.25, 0.3) is 0 Å². The average molecular weight is 139 g/mol. The van der Waals surface area contributed by atoms with Crippen molar-refractivity contribution in [3.63, 3.8) is 0 Å². The van der Waals surface area contributed by atoms with Gasteiger partial charge < -0.3 is 10.1 Å². The fourth-order valence-electron chi connectivity index (χ4n) is 0.559. The molecule has 56 valence electrons. The highest BCUT2D eigenvalue weighted by Gasteiger charge is 1.84. The Labute approximate surface area is 61.7 Å². The van der Waals surface area contributed by atoms with E-state index in [-0.39, 0.29) is 0 Å². The third-order valence-electron chi connectivity index (χ3n) is 1.10. The highest BCUT2D eigenvalue weighted by molar-refractivity contribution is 5.69. The molecule has 2 nitrogen and oxygen atoms in total. The molecule has 0 rings (SSSR count). The van der Waals surface area contributed by atoms with Gasteiger partial charge in [-0.1, -0.05) is 0 Å². The van der Waals surface area contributed by atoms with E-state index in [1.54, 1.807) is 13.2 Å². The van der Waals surface area contributed by atoms with Crippen molar-refractivity contribution in [2.24, 2.45) is 0 Å². The molecule has 0 saturated carbocycles. The third kappa shape index (κ3) is 3.89. The summed E-state index contributed by atoms with van der Waals surface area (Å²) in [5, 5.41) is 6.76. The van der Waals surface area contributed by atoms with Crippen LogP contribution in [-0.4, -0.2) is 13.3 Å². The summed E-state index contributed by atoms with van der Waals surface area (Å²) in [4.78, 5) is 0. The quantitative estimate of drug-likeness (QED) is 0.362. The van der Waals surface area contributed by atoms with Crippen LogP contribution in [0.15, 0.2) is 23.5 Å². The molecule has 0 atom stereocenters. The first kappa shape index (κ1) is 8.95. The molecule has 0 fully saturated rings. The molecule has 0 heterocycles. The Morgan fingerprint density at radius 3 is 2.40 bits per heavy atom. The number of nitrogens with one attached hydrogen (secondary N) is 1. The highest BCUT2D eigenvalue weighted by Crippen LogP contribution is 1.99. The van der Waals surface area contributed by atoms with Gasteiger partial charge in [0.1, 0.15) is 0 Å². The molecule has 0 aliphatic heterocycles. The predicted molar refractivity (Wildman–Crippen MR) is 43.3 cm³/mol. The molecule has 2 heteroatoms. The summed E-state index contributed by atoms with van der Waals surface area (Å²) >= 11 is 0. The molecule has 0 saturated heterocycles. The number of ether oxygens (including phenoxy) is 1. The number of allylic oxidation sites excluding steroid dienone is 4. The van der Waals surface area contributed by atoms with E-state index < -0.39 is 0 Å². The summed E-state index contributed by atoms with van der Waals surface area (Å²) in [6.45, 7) is 3.80. The van der Waals surface area contributed by atoms with Crippen molar-refractivity contribution in [3.05, 3.63) is 23.5 Å². The van der Waals surface area contributed by atoms with Gasteiger partial charge in [0.05, 0.1) is 12.9 Å². The molecule has 0 bridgehead atoms. The van der Waals surface area contributed by atoms with Crippen molar-refractivity contribution in [1.82, 2.24) is 0 Å². The normalized spacial score (nSPS) is 13.1. The Balaban J connectivity index is 4.11. The molecule has 10 heavy (non-hydrogen) atoms. The molecular formula is C8H13NO. The number of hydrogen-bond acceptors (Lipinski definition) is 2. The van der Waals surface area contributed by atoms with Gasteiger partial charge in [-0.2, -0.15) is 0 Å². The van der Waals surface area contributed by atoms with Crippen molar-refractivity contribution >= 4 is 6.21 Å². The smallest absolute Gasteiger partial charge is 0.0927 e. The van der Waals surface area contributed by atoms with Crippen LogP contribution < -0.4 is 0 Å². The maximum atomic E-state index is 6.76. The monoisotopic (exact) mass is 139 g/mol. The lowest BCUT2D eigenvalue weighted by molar-refractivity contribution is 0.293. The van der Waals surface area contributed by atoms with E-state index >= 15 is 0 Å². The van der Waals surface area contributed by atoms with Crippen LogP contribution in [0.25, 0.3) is 0 Å². The average Bonchev–Trinajstić information content (AvgIpc) is 1.88. The van der Waals surface area contributed by atoms with E-state index in [2.05, 4.69) is 0 Å². The summed E-state index contributed by atoms with van der Waals surface area (Å²) in [6, 6.07) is 0. The molecule has 0 aliphatic carbocycles. The Kier molecular flexibility index (Phi) is 4.29. The molecule has 0 spiro atoms. The van der Waals surface area contributed by atoms with Gasteiger partial charge >= 0.3 is 0 Å². The molecule has 0 amide bonds. The molecule has 0 aromatic heterocycles. The van der Waals surface area contributed by atoms with Crippen molar-refractivity contribution in [2.45, 2.75) is 13.8 Å². The molecular weight excluding hydrogens is 126 g/mol. The maximum Gasteiger partial charge on any atom is 0.0927 e. The molecule has 0 aromatic rings. The van der Waals surface area contributed by atoms with Crippen LogP contribution in [-0.2, 0) is 4.74 Å². The van der Waals surface area contributed by atoms with Gasteiger partial charge in [-0.15, -0.1) is 0 Å². The topological polar surface area (TPSA) is 33.1 Å². The van der Waals surface area contributed by atoms with E-state index in [0.717, 1.165) is 11.3 Å². The zero-order valence-corrected chi connectivity index (χ0v) is 6.64. The molecule has 0 aromatic carbocycles. The Bertz CT molecular complexity index is 168. The third-order valence-corrected chi connectivity index (χ3v) is 1.10. The van der Waals surface area contributed by atoms with E-state index in [1.807, 2.05) is 19.9 Å². The second-order valence-corrected chi connectivity index (χ2v) is 2.04. The number of rotatable bonds is 3. The van der Waals surface area contributed by atoms with Crippen LogP contribution in [0.5, 0.6) is 0 Å². The molecule has 1 N–H and O–H groups in total. The Morgan fingerprint density at radius 2 is 2.00 bits per heavy atom. The van der Waals surface area contributed by atoms with E-state index in [1.165, 1.54) is 6.21 Å². The predicted octanol–water partition coefficient (Wildman–Crippen LogP) is 2.13. The van der Waals surface area contributed by atoms with Crippen LogP contribution in [0.2, 0.25) is 0 Å². The minimum absolute atomic E-state index is 0.857. The van der Waals surface area contributed by atoms with Gasteiger partial charge in [0.2, 0.25) is 0 Å². The lowest BCUT2D eigenvalue weighted by Gasteiger charge is -1.96. The molecule has 0 aliphatic rings. The van der Waals surface area contributed by atoms with Gasteiger partial charge in [0.15, 0.2) is 0 Å². The highest BCUT2D eigenvalue weighted by atomic mass is 16.5. The summed E-state index contributed by atoms with van der Waals surface area (Å²) in [5.41, 5.74) is 1.02. The SMILES string of the molecule is CO/C(C)=C/C(C)=C\C=N. The van der Waals surface area contributed by atoms with Crippen molar-refractivity contribution < 1.29 is 4.74 Å². The van der Waals surface area contributed by atoms with Crippen LogP contribution in [0.3, 0.4) is 0 Å². The standard InChI is InChI=1S/C8H13NO/c1-7(4-5-9)6-8(2)10-3/h4-6,9H,1-3H3/b7-4-,8-6+,9-5?.